The molecule has 156 valence electrons. The van der Waals surface area contributed by atoms with E-state index in [1.165, 1.54) is 13.0 Å². The number of benzene rings is 1. The smallest absolute Gasteiger partial charge is 0.319 e. The van der Waals surface area contributed by atoms with E-state index in [4.69, 9.17) is 5.73 Å². The summed E-state index contributed by atoms with van der Waals surface area (Å²) in [6.45, 7) is 1.47. The fourth-order valence-corrected chi connectivity index (χ4v) is 2.78. The normalized spacial score (nSPS) is 20.9. The maximum Gasteiger partial charge on any atom is 0.319 e. The first-order valence-corrected chi connectivity index (χ1v) is 8.99. The minimum absolute atomic E-state index is 0.0311. The Labute approximate surface area is 167 Å². The van der Waals surface area contributed by atoms with Crippen molar-refractivity contribution in [1.82, 2.24) is 10.6 Å². The van der Waals surface area contributed by atoms with E-state index in [1.54, 1.807) is 24.3 Å². The van der Waals surface area contributed by atoms with Crippen molar-refractivity contribution in [3.63, 3.8) is 0 Å². The number of hydrogen-bond acceptors (Lipinski definition) is 6. The highest BCUT2D eigenvalue weighted by molar-refractivity contribution is 5.96. The van der Waals surface area contributed by atoms with Crippen LogP contribution in [0.4, 0.5) is 10.5 Å². The van der Waals surface area contributed by atoms with Gasteiger partial charge >= 0.3 is 6.03 Å². The van der Waals surface area contributed by atoms with Crippen LogP contribution in [0.5, 0.6) is 0 Å². The molecule has 1 aliphatic rings. The lowest BCUT2D eigenvalue weighted by Crippen LogP contribution is -2.52. The van der Waals surface area contributed by atoms with Crippen LogP contribution in [0, 0.1) is 0 Å². The number of primary amides is 1. The second-order valence-electron chi connectivity index (χ2n) is 6.68. The minimum Gasteiger partial charge on any atom is -0.390 e. The Morgan fingerprint density at radius 2 is 1.79 bits per heavy atom. The predicted octanol–water partition coefficient (Wildman–Crippen LogP) is -0.577. The van der Waals surface area contributed by atoms with Crippen LogP contribution in [0.25, 0.3) is 0 Å². The Bertz CT molecular complexity index is 820. The highest BCUT2D eigenvalue weighted by Crippen LogP contribution is 2.20. The first-order valence-electron chi connectivity index (χ1n) is 8.99. The summed E-state index contributed by atoms with van der Waals surface area (Å²) in [7, 11) is 0. The summed E-state index contributed by atoms with van der Waals surface area (Å²) in [4.78, 5) is 46.4. The highest BCUT2D eigenvalue weighted by Gasteiger charge is 2.33. The Balaban J connectivity index is 2.00. The van der Waals surface area contributed by atoms with Gasteiger partial charge in [-0.15, -0.1) is 0 Å². The van der Waals surface area contributed by atoms with Crippen molar-refractivity contribution in [2.45, 2.75) is 38.0 Å². The molecule has 29 heavy (non-hydrogen) atoms. The maximum absolute atomic E-state index is 12.2. The summed E-state index contributed by atoms with van der Waals surface area (Å²) in [5.74, 6) is -1.19. The molecule has 1 aliphatic carbocycles. The fraction of sp³-hybridized carbons (Fsp3) is 0.368. The van der Waals surface area contributed by atoms with E-state index in [0.717, 1.165) is 0 Å². The standard InChI is InChI=1S/C19H24N4O6/c1-10(24)11-2-4-13(5-3-11)22-19(29)23-14-8-12(9-15(25)17(14)27)18(28)21-7-6-16(20)26/h2-5,8,14-15,17,25,27H,6-7,9H2,1H3,(H2,20,26)(H,21,28)(H2,22,23,29)/t14-,15-,17-/m1/s1. The number of urea groups is 1. The molecular weight excluding hydrogens is 380 g/mol. The van der Waals surface area contributed by atoms with E-state index in [-0.39, 0.29) is 30.7 Å². The molecule has 1 aromatic carbocycles. The molecular formula is C19H24N4O6. The van der Waals surface area contributed by atoms with Crippen molar-refractivity contribution < 1.29 is 29.4 Å². The van der Waals surface area contributed by atoms with Gasteiger partial charge in [-0.05, 0) is 31.2 Å². The lowest BCUT2D eigenvalue weighted by Gasteiger charge is -2.31. The van der Waals surface area contributed by atoms with Crippen LogP contribution in [-0.2, 0) is 9.59 Å². The van der Waals surface area contributed by atoms with Crippen LogP contribution in [-0.4, -0.2) is 58.6 Å². The predicted molar refractivity (Wildman–Crippen MR) is 104 cm³/mol. The number of aliphatic hydroxyl groups is 2. The summed E-state index contributed by atoms with van der Waals surface area (Å²) in [6.07, 6.45) is -1.33. The van der Waals surface area contributed by atoms with Crippen LogP contribution in [0.2, 0.25) is 0 Å². The third-order valence-corrected chi connectivity index (χ3v) is 4.37. The molecule has 7 N–H and O–H groups in total. The first kappa shape index (κ1) is 22.1. The van der Waals surface area contributed by atoms with Crippen molar-refractivity contribution in [3.8, 4) is 0 Å². The molecule has 10 heteroatoms. The lowest BCUT2D eigenvalue weighted by atomic mass is 9.90. The lowest BCUT2D eigenvalue weighted by molar-refractivity contribution is -0.119. The van der Waals surface area contributed by atoms with Gasteiger partial charge in [0.25, 0.3) is 0 Å². The van der Waals surface area contributed by atoms with Crippen LogP contribution in [0.3, 0.4) is 0 Å². The first-order chi connectivity index (χ1) is 13.7. The average molecular weight is 404 g/mol. The molecule has 0 spiro atoms. The van der Waals surface area contributed by atoms with E-state index in [1.807, 2.05) is 0 Å². The van der Waals surface area contributed by atoms with Gasteiger partial charge in [0.1, 0.15) is 6.10 Å². The van der Waals surface area contributed by atoms with E-state index in [9.17, 15) is 29.4 Å². The summed E-state index contributed by atoms with van der Waals surface area (Å²) in [6, 6.07) is 4.55. The van der Waals surface area contributed by atoms with Gasteiger partial charge < -0.3 is 31.9 Å². The summed E-state index contributed by atoms with van der Waals surface area (Å²) in [5, 5.41) is 27.7. The molecule has 0 saturated heterocycles. The monoisotopic (exact) mass is 404 g/mol. The summed E-state index contributed by atoms with van der Waals surface area (Å²) >= 11 is 0. The van der Waals surface area contributed by atoms with Crippen molar-refractivity contribution in [3.05, 3.63) is 41.5 Å². The van der Waals surface area contributed by atoms with Gasteiger partial charge in [0.2, 0.25) is 11.8 Å². The largest absolute Gasteiger partial charge is 0.390 e. The number of rotatable bonds is 7. The second kappa shape index (κ2) is 9.80. The molecule has 0 aliphatic heterocycles. The Morgan fingerprint density at radius 1 is 1.14 bits per heavy atom. The van der Waals surface area contributed by atoms with E-state index in [0.29, 0.717) is 11.3 Å². The number of nitrogens with one attached hydrogen (secondary N) is 3. The van der Waals surface area contributed by atoms with Crippen molar-refractivity contribution >= 4 is 29.3 Å². The summed E-state index contributed by atoms with van der Waals surface area (Å²) < 4.78 is 0. The number of anilines is 1. The minimum atomic E-state index is -1.30. The number of hydrogen-bond donors (Lipinski definition) is 6. The van der Waals surface area contributed by atoms with Gasteiger partial charge in [-0.1, -0.05) is 6.08 Å². The van der Waals surface area contributed by atoms with Gasteiger partial charge in [0.15, 0.2) is 5.78 Å². The summed E-state index contributed by atoms with van der Waals surface area (Å²) in [5.41, 5.74) is 6.10. The number of aliphatic hydroxyl groups excluding tert-OH is 2. The Kier molecular flexibility index (Phi) is 7.46. The molecule has 0 fully saturated rings. The van der Waals surface area contributed by atoms with Gasteiger partial charge in [0, 0.05) is 36.2 Å². The van der Waals surface area contributed by atoms with Gasteiger partial charge in [0.05, 0.1) is 12.1 Å². The number of ketones is 1. The van der Waals surface area contributed by atoms with E-state index in [2.05, 4.69) is 16.0 Å². The maximum atomic E-state index is 12.2. The molecule has 4 amide bonds. The van der Waals surface area contributed by atoms with Crippen molar-refractivity contribution in [1.29, 1.82) is 0 Å². The molecule has 0 unspecified atom stereocenters. The molecule has 3 atom stereocenters. The number of carbonyl (C=O) groups is 4. The molecule has 0 aromatic heterocycles. The third-order valence-electron chi connectivity index (χ3n) is 4.37. The molecule has 1 aromatic rings. The zero-order valence-corrected chi connectivity index (χ0v) is 15.8. The zero-order chi connectivity index (χ0) is 21.6. The topological polar surface area (TPSA) is 171 Å². The van der Waals surface area contributed by atoms with Gasteiger partial charge in [-0.25, -0.2) is 4.79 Å². The van der Waals surface area contributed by atoms with E-state index >= 15 is 0 Å². The van der Waals surface area contributed by atoms with E-state index < -0.39 is 36.1 Å². The molecule has 0 radical (unpaired) electrons. The molecule has 10 nitrogen and oxygen atoms in total. The van der Waals surface area contributed by atoms with Gasteiger partial charge in [-0.3, -0.25) is 14.4 Å². The number of carbonyl (C=O) groups excluding carboxylic acids is 4. The Hall–Kier alpha value is -3.24. The molecule has 2 rings (SSSR count). The highest BCUT2D eigenvalue weighted by atomic mass is 16.3. The SMILES string of the molecule is CC(=O)c1ccc(NC(=O)N[C@@H]2C=C(C(=O)NCCC(N)=O)C[C@@H](O)[C@@H]2O)cc1. The molecule has 0 bridgehead atoms. The van der Waals surface area contributed by atoms with Gasteiger partial charge in [-0.2, -0.15) is 0 Å². The van der Waals surface area contributed by atoms with Crippen LogP contribution >= 0.6 is 0 Å². The number of Topliss-reactive ketones (excluding diaryl/α,β-unsaturated/α-hetero) is 1. The fourth-order valence-electron chi connectivity index (χ4n) is 2.78. The molecule has 0 saturated carbocycles. The Morgan fingerprint density at radius 3 is 2.38 bits per heavy atom. The van der Waals surface area contributed by atoms with Crippen molar-refractivity contribution in [2.24, 2.45) is 5.73 Å². The second-order valence-corrected chi connectivity index (χ2v) is 6.68. The average Bonchev–Trinajstić information content (AvgIpc) is 2.65. The molecule has 0 heterocycles. The van der Waals surface area contributed by atoms with Crippen LogP contribution in [0.1, 0.15) is 30.1 Å². The third kappa shape index (κ3) is 6.40. The van der Waals surface area contributed by atoms with Crippen LogP contribution < -0.4 is 21.7 Å². The number of nitrogens with two attached hydrogens (primary N) is 1. The zero-order valence-electron chi connectivity index (χ0n) is 15.8. The van der Waals surface area contributed by atoms with Crippen LogP contribution in [0.15, 0.2) is 35.9 Å². The quantitative estimate of drug-likeness (QED) is 0.332. The van der Waals surface area contributed by atoms with Crippen molar-refractivity contribution in [2.75, 3.05) is 11.9 Å². The number of amides is 4.